The Kier molecular flexibility index (Phi) is 7.60. The average molecular weight is 421 g/mol. The van der Waals surface area contributed by atoms with Crippen LogP contribution in [0, 0.1) is 5.92 Å². The van der Waals surface area contributed by atoms with E-state index in [1.807, 2.05) is 38.2 Å². The maximum absolute atomic E-state index is 12.3. The monoisotopic (exact) mass is 420 g/mol. The Bertz CT molecular complexity index is 1050. The van der Waals surface area contributed by atoms with E-state index < -0.39 is 0 Å². The van der Waals surface area contributed by atoms with Gasteiger partial charge >= 0.3 is 5.97 Å². The number of carbonyl (C=O) groups is 3. The predicted molar refractivity (Wildman–Crippen MR) is 121 cm³/mol. The maximum atomic E-state index is 12.3. The SMILES string of the molecule is CC(C)CC(=O)Nc1ccc(C(=O)COC(=O)CCCc2c[nH]c3ccccc23)cc1. The van der Waals surface area contributed by atoms with Crippen molar-refractivity contribution in [1.29, 1.82) is 0 Å². The molecule has 162 valence electrons. The summed E-state index contributed by atoms with van der Waals surface area (Å²) in [6, 6.07) is 14.6. The number of H-pyrrole nitrogens is 1. The molecule has 0 aliphatic carbocycles. The molecule has 2 aromatic carbocycles. The van der Waals surface area contributed by atoms with E-state index in [0.29, 0.717) is 24.1 Å². The van der Waals surface area contributed by atoms with Gasteiger partial charge in [0, 0.05) is 41.2 Å². The first-order chi connectivity index (χ1) is 14.9. The van der Waals surface area contributed by atoms with Gasteiger partial charge in [-0.3, -0.25) is 14.4 Å². The third-order valence-electron chi connectivity index (χ3n) is 4.95. The first-order valence-corrected chi connectivity index (χ1v) is 10.6. The summed E-state index contributed by atoms with van der Waals surface area (Å²) in [5.74, 6) is -0.440. The van der Waals surface area contributed by atoms with Gasteiger partial charge in [0.1, 0.15) is 0 Å². The summed E-state index contributed by atoms with van der Waals surface area (Å²) in [6.45, 7) is 3.67. The molecule has 3 rings (SSSR count). The number of nitrogens with one attached hydrogen (secondary N) is 2. The van der Waals surface area contributed by atoms with Crippen molar-refractivity contribution in [3.05, 3.63) is 65.9 Å². The third kappa shape index (κ3) is 6.54. The molecule has 0 atom stereocenters. The van der Waals surface area contributed by atoms with E-state index in [-0.39, 0.29) is 36.6 Å². The lowest BCUT2D eigenvalue weighted by Crippen LogP contribution is -2.15. The number of carbonyl (C=O) groups excluding carboxylic acids is 3. The van der Waals surface area contributed by atoms with Crippen molar-refractivity contribution in [2.75, 3.05) is 11.9 Å². The van der Waals surface area contributed by atoms with Gasteiger partial charge in [0.2, 0.25) is 5.91 Å². The lowest BCUT2D eigenvalue weighted by Gasteiger charge is -2.08. The Labute approximate surface area is 182 Å². The number of anilines is 1. The standard InChI is InChI=1S/C25H28N2O4/c1-17(2)14-24(29)27-20-12-10-18(11-13-20)23(28)16-31-25(30)9-5-6-19-15-26-22-8-4-3-7-21(19)22/h3-4,7-8,10-13,15,17,26H,5-6,9,14,16H2,1-2H3,(H,27,29). The number of para-hydroxylation sites is 1. The topological polar surface area (TPSA) is 88.3 Å². The molecular weight excluding hydrogens is 392 g/mol. The summed E-state index contributed by atoms with van der Waals surface area (Å²) in [4.78, 5) is 39.3. The number of amides is 1. The second kappa shape index (κ2) is 10.6. The van der Waals surface area contributed by atoms with Crippen molar-refractivity contribution < 1.29 is 19.1 Å². The van der Waals surface area contributed by atoms with Crippen LogP contribution in [0.15, 0.2) is 54.7 Å². The fraction of sp³-hybridized carbons (Fsp3) is 0.320. The molecule has 0 aliphatic rings. The highest BCUT2D eigenvalue weighted by atomic mass is 16.5. The molecule has 1 amide bonds. The number of esters is 1. The maximum Gasteiger partial charge on any atom is 0.306 e. The number of Topliss-reactive ketones (excluding diaryl/α,β-unsaturated/α-hetero) is 1. The summed E-state index contributed by atoms with van der Waals surface area (Å²) < 4.78 is 5.14. The van der Waals surface area contributed by atoms with Gasteiger partial charge in [0.15, 0.2) is 12.4 Å². The van der Waals surface area contributed by atoms with Gasteiger partial charge in [0.25, 0.3) is 0 Å². The summed E-state index contributed by atoms with van der Waals surface area (Å²) in [5.41, 5.74) is 3.32. The Morgan fingerprint density at radius 3 is 2.52 bits per heavy atom. The number of rotatable bonds is 10. The van der Waals surface area contributed by atoms with Crippen LogP contribution in [0.3, 0.4) is 0 Å². The molecule has 0 unspecified atom stereocenters. The zero-order valence-electron chi connectivity index (χ0n) is 17.9. The van der Waals surface area contributed by atoms with Gasteiger partial charge in [-0.15, -0.1) is 0 Å². The average Bonchev–Trinajstić information content (AvgIpc) is 3.15. The first kappa shape index (κ1) is 22.3. The van der Waals surface area contributed by atoms with E-state index in [9.17, 15) is 14.4 Å². The van der Waals surface area contributed by atoms with Crippen LogP contribution in [0.5, 0.6) is 0 Å². The van der Waals surface area contributed by atoms with E-state index in [0.717, 1.165) is 17.3 Å². The minimum absolute atomic E-state index is 0.0596. The van der Waals surface area contributed by atoms with Crippen LogP contribution in [-0.4, -0.2) is 29.3 Å². The Morgan fingerprint density at radius 2 is 1.77 bits per heavy atom. The second-order valence-corrected chi connectivity index (χ2v) is 8.02. The van der Waals surface area contributed by atoms with Crippen LogP contribution in [0.1, 0.15) is 49.0 Å². The van der Waals surface area contributed by atoms with Gasteiger partial charge < -0.3 is 15.0 Å². The van der Waals surface area contributed by atoms with Crippen LogP contribution in [0.2, 0.25) is 0 Å². The van der Waals surface area contributed by atoms with Gasteiger partial charge in [0.05, 0.1) is 0 Å². The van der Waals surface area contributed by atoms with Crippen molar-refractivity contribution in [2.24, 2.45) is 5.92 Å². The molecule has 0 fully saturated rings. The van der Waals surface area contributed by atoms with Gasteiger partial charge in [-0.25, -0.2) is 0 Å². The highest BCUT2D eigenvalue weighted by Gasteiger charge is 2.12. The molecule has 2 N–H and O–H groups in total. The molecule has 0 bridgehead atoms. The lowest BCUT2D eigenvalue weighted by atomic mass is 10.1. The molecule has 1 aromatic heterocycles. The fourth-order valence-corrected chi connectivity index (χ4v) is 3.39. The summed E-state index contributed by atoms with van der Waals surface area (Å²) in [7, 11) is 0. The number of fused-ring (bicyclic) bond motifs is 1. The van der Waals surface area contributed by atoms with Crippen molar-refractivity contribution in [1.82, 2.24) is 4.98 Å². The van der Waals surface area contributed by atoms with E-state index in [4.69, 9.17) is 4.74 Å². The van der Waals surface area contributed by atoms with Gasteiger partial charge in [-0.2, -0.15) is 0 Å². The van der Waals surface area contributed by atoms with E-state index in [1.54, 1.807) is 24.3 Å². The third-order valence-corrected chi connectivity index (χ3v) is 4.95. The number of hydrogen-bond acceptors (Lipinski definition) is 4. The molecule has 0 radical (unpaired) electrons. The number of ether oxygens (including phenoxy) is 1. The molecule has 31 heavy (non-hydrogen) atoms. The first-order valence-electron chi connectivity index (χ1n) is 10.6. The van der Waals surface area contributed by atoms with Crippen LogP contribution < -0.4 is 5.32 Å². The predicted octanol–water partition coefficient (Wildman–Crippen LogP) is 4.90. The molecule has 0 saturated carbocycles. The molecule has 6 heteroatoms. The highest BCUT2D eigenvalue weighted by molar-refractivity contribution is 5.98. The minimum Gasteiger partial charge on any atom is -0.457 e. The second-order valence-electron chi connectivity index (χ2n) is 8.02. The number of hydrogen-bond donors (Lipinski definition) is 2. The molecule has 0 spiro atoms. The lowest BCUT2D eigenvalue weighted by molar-refractivity contribution is -0.142. The Morgan fingerprint density at radius 1 is 1.03 bits per heavy atom. The number of aryl methyl sites for hydroxylation is 1. The number of aromatic amines is 1. The Hall–Kier alpha value is -3.41. The van der Waals surface area contributed by atoms with E-state index in [2.05, 4.69) is 16.4 Å². The Balaban J connectivity index is 1.40. The van der Waals surface area contributed by atoms with E-state index in [1.165, 1.54) is 5.56 Å². The summed E-state index contributed by atoms with van der Waals surface area (Å²) >= 11 is 0. The minimum atomic E-state index is -0.384. The highest BCUT2D eigenvalue weighted by Crippen LogP contribution is 2.19. The van der Waals surface area contributed by atoms with Crippen LogP contribution >= 0.6 is 0 Å². The van der Waals surface area contributed by atoms with Crippen molar-refractivity contribution >= 4 is 34.3 Å². The zero-order chi connectivity index (χ0) is 22.2. The molecule has 1 heterocycles. The number of benzene rings is 2. The van der Waals surface area contributed by atoms with Gasteiger partial charge in [-0.1, -0.05) is 32.0 Å². The molecule has 0 saturated heterocycles. The molecule has 0 aliphatic heterocycles. The number of ketones is 1. The van der Waals surface area contributed by atoms with Crippen LogP contribution in [0.4, 0.5) is 5.69 Å². The van der Waals surface area contributed by atoms with Crippen LogP contribution in [-0.2, 0) is 20.7 Å². The number of aromatic nitrogens is 1. The largest absolute Gasteiger partial charge is 0.457 e. The van der Waals surface area contributed by atoms with Crippen LogP contribution in [0.25, 0.3) is 10.9 Å². The van der Waals surface area contributed by atoms with Crippen molar-refractivity contribution in [3.63, 3.8) is 0 Å². The molecular formula is C25H28N2O4. The fourth-order valence-electron chi connectivity index (χ4n) is 3.39. The summed E-state index contributed by atoms with van der Waals surface area (Å²) in [6.07, 6.45) is 4.08. The quantitative estimate of drug-likeness (QED) is 0.361. The molecule has 3 aromatic rings. The molecule has 6 nitrogen and oxygen atoms in total. The summed E-state index contributed by atoms with van der Waals surface area (Å²) in [5, 5.41) is 3.96. The van der Waals surface area contributed by atoms with Gasteiger partial charge in [-0.05, 0) is 54.7 Å². The zero-order valence-corrected chi connectivity index (χ0v) is 17.9. The van der Waals surface area contributed by atoms with E-state index >= 15 is 0 Å². The van der Waals surface area contributed by atoms with Crippen molar-refractivity contribution in [2.45, 2.75) is 39.5 Å². The normalized spacial score (nSPS) is 10.9. The van der Waals surface area contributed by atoms with Crippen molar-refractivity contribution in [3.8, 4) is 0 Å². The smallest absolute Gasteiger partial charge is 0.306 e.